The second kappa shape index (κ2) is 20.2. The van der Waals surface area contributed by atoms with Gasteiger partial charge < -0.3 is 29.1 Å². The van der Waals surface area contributed by atoms with Crippen LogP contribution in [0.25, 0.3) is 0 Å². The molecule has 0 unspecified atom stereocenters. The number of para-hydroxylation sites is 4. The van der Waals surface area contributed by atoms with E-state index in [9.17, 15) is 0 Å². The third-order valence-electron chi connectivity index (χ3n) is 18.2. The highest BCUT2D eigenvalue weighted by atomic mass is 16.5. The zero-order valence-electron chi connectivity index (χ0n) is 51.4. The zero-order valence-corrected chi connectivity index (χ0v) is 51.4. The van der Waals surface area contributed by atoms with E-state index in [0.29, 0.717) is 0 Å². The maximum absolute atomic E-state index is 7.16. The Balaban J connectivity index is 1.04. The zero-order chi connectivity index (χ0) is 59.7. The lowest BCUT2D eigenvalue weighted by atomic mass is 9.30. The van der Waals surface area contributed by atoms with Crippen LogP contribution in [0.15, 0.2) is 243 Å². The van der Waals surface area contributed by atoms with Gasteiger partial charge in [-0.1, -0.05) is 195 Å². The molecule has 11 aromatic rings. The van der Waals surface area contributed by atoms with Crippen LogP contribution in [0.4, 0.5) is 68.2 Å². The monoisotopic (exact) mass is 1130 g/mol. The smallest absolute Gasteiger partial charge is 0.252 e. The van der Waals surface area contributed by atoms with Crippen molar-refractivity contribution in [3.63, 3.8) is 0 Å². The third kappa shape index (κ3) is 9.19. The number of aryl methyl sites for hydroxylation is 1. The Morgan fingerprint density at radius 3 is 0.943 bits per heavy atom. The van der Waals surface area contributed by atoms with E-state index in [4.69, 9.17) is 9.47 Å². The van der Waals surface area contributed by atoms with Crippen LogP contribution in [0.5, 0.6) is 23.0 Å². The molecule has 0 saturated heterocycles. The Bertz CT molecular complexity index is 4470. The van der Waals surface area contributed by atoms with E-state index in [1.807, 2.05) is 0 Å². The van der Waals surface area contributed by atoms with Crippen LogP contribution in [0, 0.1) is 6.92 Å². The Morgan fingerprint density at radius 2 is 0.575 bits per heavy atom. The molecular formula is C79H70B2N4O2. The van der Waals surface area contributed by atoms with Crippen molar-refractivity contribution in [2.24, 2.45) is 0 Å². The molecule has 0 fully saturated rings. The first-order valence-corrected chi connectivity index (χ1v) is 30.7. The Morgan fingerprint density at radius 1 is 0.264 bits per heavy atom. The molecule has 0 N–H and O–H groups in total. The van der Waals surface area contributed by atoms with E-state index in [2.05, 4.69) is 331 Å². The molecule has 11 aromatic carbocycles. The number of hydrogen-bond donors (Lipinski definition) is 0. The number of nitrogens with zero attached hydrogens (tertiary/aromatic N) is 4. The predicted octanol–water partition coefficient (Wildman–Crippen LogP) is 17.6. The van der Waals surface area contributed by atoms with Gasteiger partial charge in [0, 0.05) is 92.5 Å². The minimum absolute atomic E-state index is 0.00106. The summed E-state index contributed by atoms with van der Waals surface area (Å²) in [7, 11) is 0. The van der Waals surface area contributed by atoms with Crippen LogP contribution >= 0.6 is 0 Å². The Kier molecular flexibility index (Phi) is 12.6. The van der Waals surface area contributed by atoms with Crippen LogP contribution in [-0.2, 0) is 16.2 Å². The molecule has 4 heterocycles. The number of fused-ring (bicyclic) bond motifs is 8. The molecule has 0 atom stereocenters. The standard InChI is InChI=1S/C79H70B2N4O2/c1-51-29-41-59(42-30-51)86-61-45-71-75-73(47-61)84(57-37-31-52(32-38-57)77(2,3)4)69-50-70-66(49-65(69)80(75)63-25-17-19-27-67(63)82(71)55-21-13-11-14-22-55)81-64-26-18-20-28-68(64)83(56-23-15-12-16-24-56)72-46-62(87-60-43-35-54(36-44-60)79(8,9)10)48-74(76(72)81)85(70)58-39-33-53(34-40-58)78(5,6)7/h11-50H,1-10H3. The van der Waals surface area contributed by atoms with E-state index in [0.717, 1.165) is 91.2 Å². The average Bonchev–Trinajstić information content (AvgIpc) is 0.696. The van der Waals surface area contributed by atoms with E-state index in [1.165, 1.54) is 55.0 Å². The largest absolute Gasteiger partial charge is 0.457 e. The van der Waals surface area contributed by atoms with Gasteiger partial charge in [-0.2, -0.15) is 0 Å². The average molecular weight is 1130 g/mol. The van der Waals surface area contributed by atoms with Gasteiger partial charge in [-0.25, -0.2) is 0 Å². The lowest BCUT2D eigenvalue weighted by molar-refractivity contribution is 0.481. The third-order valence-corrected chi connectivity index (χ3v) is 18.2. The number of anilines is 12. The predicted molar refractivity (Wildman–Crippen MR) is 368 cm³/mol. The molecule has 4 aliphatic rings. The molecular weight excluding hydrogens is 1060 g/mol. The van der Waals surface area contributed by atoms with Crippen LogP contribution in [-0.4, -0.2) is 13.4 Å². The van der Waals surface area contributed by atoms with Gasteiger partial charge in [-0.3, -0.25) is 0 Å². The summed E-state index contributed by atoms with van der Waals surface area (Å²) >= 11 is 0. The summed E-state index contributed by atoms with van der Waals surface area (Å²) in [6, 6.07) is 89.7. The van der Waals surface area contributed by atoms with Crippen molar-refractivity contribution < 1.29 is 9.47 Å². The van der Waals surface area contributed by atoms with Crippen LogP contribution in [0.3, 0.4) is 0 Å². The summed E-state index contributed by atoms with van der Waals surface area (Å²) in [5.41, 5.74) is 25.4. The molecule has 15 rings (SSSR count). The van der Waals surface area contributed by atoms with Gasteiger partial charge in [-0.15, -0.1) is 0 Å². The summed E-state index contributed by atoms with van der Waals surface area (Å²) in [5.74, 6) is 3.09. The molecule has 0 aromatic heterocycles. The summed E-state index contributed by atoms with van der Waals surface area (Å²) in [5, 5.41) is 0. The SMILES string of the molecule is Cc1ccc(Oc2cc3c4c(c2)N(c2ccc(C(C)(C)C)cc2)c2cc5c(cc2B4c2ccccc2N3c2ccccc2)B2c3ccccc3N(c3ccccc3)c3cc(Oc4ccc(C(C)(C)C)cc4)cc(c32)N5c2ccc(C(C)(C)C)cc2)cc1. The van der Waals surface area contributed by atoms with Crippen LogP contribution in [0.2, 0.25) is 0 Å². The van der Waals surface area contributed by atoms with E-state index in [-0.39, 0.29) is 29.7 Å². The van der Waals surface area contributed by atoms with Gasteiger partial charge in [0.15, 0.2) is 0 Å². The quantitative estimate of drug-likeness (QED) is 0.141. The second-order valence-electron chi connectivity index (χ2n) is 27.1. The second-order valence-corrected chi connectivity index (χ2v) is 27.1. The summed E-state index contributed by atoms with van der Waals surface area (Å²) < 4.78 is 14.2. The molecule has 0 spiro atoms. The number of rotatable bonds is 8. The maximum Gasteiger partial charge on any atom is 0.252 e. The van der Waals surface area contributed by atoms with Gasteiger partial charge in [0.25, 0.3) is 13.4 Å². The van der Waals surface area contributed by atoms with Gasteiger partial charge in [-0.05, 0) is 164 Å². The molecule has 0 amide bonds. The topological polar surface area (TPSA) is 31.4 Å². The van der Waals surface area contributed by atoms with Crippen molar-refractivity contribution in [1.82, 2.24) is 0 Å². The van der Waals surface area contributed by atoms with Crippen molar-refractivity contribution in [2.45, 2.75) is 85.5 Å². The molecule has 8 heteroatoms. The highest BCUT2D eigenvalue weighted by Crippen LogP contribution is 2.51. The van der Waals surface area contributed by atoms with Gasteiger partial charge in [0.1, 0.15) is 23.0 Å². The number of ether oxygens (including phenoxy) is 2. The fraction of sp³-hybridized carbons (Fsp3) is 0.165. The number of hydrogen-bond acceptors (Lipinski definition) is 6. The minimum atomic E-state index is -0.165. The minimum Gasteiger partial charge on any atom is -0.457 e. The molecule has 424 valence electrons. The van der Waals surface area contributed by atoms with Crippen molar-refractivity contribution in [3.8, 4) is 23.0 Å². The number of benzene rings is 11. The van der Waals surface area contributed by atoms with Gasteiger partial charge >= 0.3 is 0 Å². The normalized spacial score (nSPS) is 13.7. The van der Waals surface area contributed by atoms with E-state index >= 15 is 0 Å². The summed E-state index contributed by atoms with van der Waals surface area (Å²) in [6.07, 6.45) is 0. The fourth-order valence-electron chi connectivity index (χ4n) is 13.8. The molecule has 6 nitrogen and oxygen atoms in total. The van der Waals surface area contributed by atoms with Crippen molar-refractivity contribution in [2.75, 3.05) is 19.6 Å². The Hall–Kier alpha value is -9.65. The fourth-order valence-corrected chi connectivity index (χ4v) is 13.8. The van der Waals surface area contributed by atoms with E-state index < -0.39 is 0 Å². The molecule has 0 bridgehead atoms. The van der Waals surface area contributed by atoms with Crippen LogP contribution < -0.4 is 61.9 Å². The van der Waals surface area contributed by atoms with Gasteiger partial charge in [0.05, 0.1) is 0 Å². The molecule has 87 heavy (non-hydrogen) atoms. The lowest BCUT2D eigenvalue weighted by Crippen LogP contribution is -2.65. The first kappa shape index (κ1) is 54.0. The molecule has 0 radical (unpaired) electrons. The van der Waals surface area contributed by atoms with Crippen molar-refractivity contribution in [3.05, 3.63) is 265 Å². The lowest BCUT2D eigenvalue weighted by Gasteiger charge is -2.47. The van der Waals surface area contributed by atoms with E-state index in [1.54, 1.807) is 0 Å². The first-order valence-electron chi connectivity index (χ1n) is 30.7. The molecule has 0 aliphatic carbocycles. The first-order chi connectivity index (χ1) is 41.9. The highest BCUT2D eigenvalue weighted by Gasteiger charge is 2.49. The molecule has 4 aliphatic heterocycles. The van der Waals surface area contributed by atoms with Crippen LogP contribution in [0.1, 0.15) is 84.6 Å². The summed E-state index contributed by atoms with van der Waals surface area (Å²) in [4.78, 5) is 9.98. The summed E-state index contributed by atoms with van der Waals surface area (Å²) in [6.45, 7) is 22.3. The maximum atomic E-state index is 7.16. The van der Waals surface area contributed by atoms with Gasteiger partial charge in [0.2, 0.25) is 0 Å². The Labute approximate surface area is 514 Å². The highest BCUT2D eigenvalue weighted by molar-refractivity contribution is 7.03. The van der Waals surface area contributed by atoms with Crippen molar-refractivity contribution >= 4 is 114 Å². The van der Waals surface area contributed by atoms with Crippen molar-refractivity contribution in [1.29, 1.82) is 0 Å². The molecule has 0 saturated carbocycles.